The first-order valence-electron chi connectivity index (χ1n) is 18.2. The van der Waals surface area contributed by atoms with E-state index in [0.717, 1.165) is 34.6 Å². The molecule has 4 nitrogen and oxygen atoms in total. The molecule has 0 radical (unpaired) electrons. The lowest BCUT2D eigenvalue weighted by atomic mass is 9.70. The van der Waals surface area contributed by atoms with E-state index in [1.165, 1.54) is 99.3 Å². The number of benzene rings is 2. The number of esters is 2. The summed E-state index contributed by atoms with van der Waals surface area (Å²) in [6.07, 6.45) is 19.6. The van der Waals surface area contributed by atoms with Gasteiger partial charge in [0.15, 0.2) is 0 Å². The molecule has 1 aliphatic rings. The maximum atomic E-state index is 12.0. The zero-order chi connectivity index (χ0) is 34.5. The number of ether oxygens (including phenoxy) is 2. The van der Waals surface area contributed by atoms with Crippen LogP contribution in [-0.4, -0.2) is 23.1 Å². The van der Waals surface area contributed by atoms with Crippen molar-refractivity contribution in [2.24, 2.45) is 0 Å². The molecule has 0 atom stereocenters. The second-order valence-electron chi connectivity index (χ2n) is 15.6. The van der Waals surface area contributed by atoms with E-state index in [4.69, 9.17) is 9.47 Å². The molecular weight excluding hydrogens is 716 g/mol. The van der Waals surface area contributed by atoms with Gasteiger partial charge in [-0.3, -0.25) is 9.59 Å². The summed E-state index contributed by atoms with van der Waals surface area (Å²) in [4.78, 5) is 24.0. The topological polar surface area (TPSA) is 52.6 Å². The number of unbranched alkanes of at least 4 members (excludes halogenated alkanes) is 12. The van der Waals surface area contributed by atoms with Gasteiger partial charge in [0.1, 0.15) is 11.2 Å². The molecule has 2 aromatic rings. The molecule has 0 saturated heterocycles. The molecule has 0 aromatic heterocycles. The monoisotopic (exact) mass is 774 g/mol. The zero-order valence-corrected chi connectivity index (χ0v) is 33.3. The number of fused-ring (bicyclic) bond motifs is 3. The van der Waals surface area contributed by atoms with E-state index in [1.807, 2.05) is 41.5 Å². The van der Waals surface area contributed by atoms with Crippen molar-refractivity contribution < 1.29 is 19.1 Å². The molecule has 0 heterocycles. The van der Waals surface area contributed by atoms with Crippen LogP contribution in [0, 0.1) is 0 Å². The minimum atomic E-state index is -0.396. The largest absolute Gasteiger partial charge is 0.460 e. The molecule has 0 aliphatic heterocycles. The van der Waals surface area contributed by atoms with Crippen LogP contribution in [0.3, 0.4) is 0 Å². The van der Waals surface area contributed by atoms with E-state index in [-0.39, 0.29) is 17.4 Å². The summed E-state index contributed by atoms with van der Waals surface area (Å²) >= 11 is 7.60. The molecule has 47 heavy (non-hydrogen) atoms. The second kappa shape index (κ2) is 18.9. The number of carbonyl (C=O) groups is 2. The normalized spacial score (nSPS) is 13.7. The highest BCUT2D eigenvalue weighted by molar-refractivity contribution is 9.10. The van der Waals surface area contributed by atoms with E-state index in [0.29, 0.717) is 12.8 Å². The maximum absolute atomic E-state index is 12.0. The molecule has 262 valence electrons. The van der Waals surface area contributed by atoms with Crippen LogP contribution in [0.2, 0.25) is 0 Å². The first-order chi connectivity index (χ1) is 22.2. The van der Waals surface area contributed by atoms with E-state index in [9.17, 15) is 9.59 Å². The maximum Gasteiger partial charge on any atom is 0.306 e. The molecule has 0 bridgehead atoms. The minimum absolute atomic E-state index is 0.0407. The molecule has 0 amide bonds. The van der Waals surface area contributed by atoms with Gasteiger partial charge in [0.2, 0.25) is 0 Å². The number of carbonyl (C=O) groups excluding carboxylic acids is 2. The van der Waals surface area contributed by atoms with E-state index in [2.05, 4.69) is 68.3 Å². The van der Waals surface area contributed by atoms with E-state index >= 15 is 0 Å². The van der Waals surface area contributed by atoms with Crippen molar-refractivity contribution in [1.82, 2.24) is 0 Å². The highest BCUT2D eigenvalue weighted by atomic mass is 79.9. The molecule has 3 rings (SSSR count). The summed E-state index contributed by atoms with van der Waals surface area (Å²) in [7, 11) is 0. The highest BCUT2D eigenvalue weighted by Gasteiger charge is 2.42. The van der Waals surface area contributed by atoms with Crippen molar-refractivity contribution in [1.29, 1.82) is 0 Å². The van der Waals surface area contributed by atoms with Gasteiger partial charge < -0.3 is 9.47 Å². The van der Waals surface area contributed by atoms with Gasteiger partial charge in [-0.2, -0.15) is 0 Å². The van der Waals surface area contributed by atoms with Crippen LogP contribution in [0.1, 0.15) is 168 Å². The molecule has 2 aromatic carbocycles. The van der Waals surface area contributed by atoms with E-state index < -0.39 is 11.2 Å². The summed E-state index contributed by atoms with van der Waals surface area (Å²) in [5, 5.41) is 0. The third-order valence-electron chi connectivity index (χ3n) is 9.09. The lowest BCUT2D eigenvalue weighted by Gasteiger charge is -2.33. The third-order valence-corrected chi connectivity index (χ3v) is 10.1. The van der Waals surface area contributed by atoms with Gasteiger partial charge >= 0.3 is 11.9 Å². The Balaban J connectivity index is 1.50. The number of rotatable bonds is 20. The summed E-state index contributed by atoms with van der Waals surface area (Å²) in [6, 6.07) is 13.8. The van der Waals surface area contributed by atoms with Gasteiger partial charge in [-0.1, -0.05) is 121 Å². The lowest BCUT2D eigenvalue weighted by molar-refractivity contribution is -0.156. The number of halogens is 2. The van der Waals surface area contributed by atoms with Crippen LogP contribution in [-0.2, 0) is 24.5 Å². The molecule has 0 unspecified atom stereocenters. The van der Waals surface area contributed by atoms with Crippen molar-refractivity contribution in [3.05, 3.63) is 56.5 Å². The zero-order valence-electron chi connectivity index (χ0n) is 30.1. The molecule has 0 fully saturated rings. The van der Waals surface area contributed by atoms with Crippen molar-refractivity contribution in [3.63, 3.8) is 0 Å². The molecule has 1 aliphatic carbocycles. The minimum Gasteiger partial charge on any atom is -0.460 e. The Kier molecular flexibility index (Phi) is 16.0. The SMILES string of the molecule is CC(C)(C)OC(=O)CCCCCCCCCC1(CCCCCCCCCC(=O)OC(C)(C)C)c2cc(Br)ccc2-c2ccc(Br)cc21. The van der Waals surface area contributed by atoms with Crippen molar-refractivity contribution in [2.45, 2.75) is 174 Å². The summed E-state index contributed by atoms with van der Waals surface area (Å²) in [5.41, 5.74) is 5.02. The van der Waals surface area contributed by atoms with Crippen LogP contribution in [0.4, 0.5) is 0 Å². The molecule has 0 spiro atoms. The Bertz CT molecular complexity index is 1190. The average Bonchev–Trinajstić information content (AvgIpc) is 3.21. The second-order valence-corrected chi connectivity index (χ2v) is 17.4. The van der Waals surface area contributed by atoms with Crippen LogP contribution in [0.15, 0.2) is 45.3 Å². The Labute approximate surface area is 302 Å². The molecule has 0 N–H and O–H groups in total. The molecule has 0 saturated carbocycles. The van der Waals surface area contributed by atoms with Crippen molar-refractivity contribution in [2.75, 3.05) is 0 Å². The molecule has 6 heteroatoms. The van der Waals surface area contributed by atoms with Crippen LogP contribution in [0.5, 0.6) is 0 Å². The average molecular weight is 777 g/mol. The third kappa shape index (κ3) is 13.6. The fraction of sp³-hybridized carbons (Fsp3) is 0.659. The van der Waals surface area contributed by atoms with Crippen LogP contribution in [0.25, 0.3) is 11.1 Å². The Morgan fingerprint density at radius 3 is 1.19 bits per heavy atom. The molecular formula is C41H60Br2O4. The van der Waals surface area contributed by atoms with Gasteiger partial charge in [-0.25, -0.2) is 0 Å². The highest BCUT2D eigenvalue weighted by Crippen LogP contribution is 2.55. The van der Waals surface area contributed by atoms with Crippen molar-refractivity contribution in [3.8, 4) is 11.1 Å². The van der Waals surface area contributed by atoms with Crippen LogP contribution >= 0.6 is 31.9 Å². The Morgan fingerprint density at radius 1 is 0.532 bits per heavy atom. The standard InChI is InChI=1S/C41H60Br2O4/c1-39(2,3)46-37(44)21-17-13-9-7-11-15-19-27-41(28-20-16-12-8-10-14-18-22-38(45)47-40(4,5)6)35-29-31(42)23-25-33(35)34-26-24-32(43)30-36(34)41/h23-26,29-30H,7-22,27-28H2,1-6H3. The van der Waals surface area contributed by atoms with Gasteiger partial charge in [0.05, 0.1) is 0 Å². The lowest BCUT2D eigenvalue weighted by Crippen LogP contribution is -2.25. The quantitative estimate of drug-likeness (QED) is 0.0993. The van der Waals surface area contributed by atoms with Crippen molar-refractivity contribution >= 4 is 43.8 Å². The summed E-state index contributed by atoms with van der Waals surface area (Å²) in [6.45, 7) is 11.6. The predicted molar refractivity (Wildman–Crippen MR) is 203 cm³/mol. The fourth-order valence-corrected chi connectivity index (χ4v) is 7.77. The number of hydrogen-bond acceptors (Lipinski definition) is 4. The number of hydrogen-bond donors (Lipinski definition) is 0. The van der Waals surface area contributed by atoms with Gasteiger partial charge in [-0.15, -0.1) is 0 Å². The first-order valence-corrected chi connectivity index (χ1v) is 19.8. The van der Waals surface area contributed by atoms with Gasteiger partial charge in [0.25, 0.3) is 0 Å². The van der Waals surface area contributed by atoms with Gasteiger partial charge in [-0.05, 0) is 114 Å². The fourth-order valence-electron chi connectivity index (χ4n) is 7.05. The van der Waals surface area contributed by atoms with Gasteiger partial charge in [0, 0.05) is 27.2 Å². The Morgan fingerprint density at radius 2 is 0.851 bits per heavy atom. The van der Waals surface area contributed by atoms with Crippen LogP contribution < -0.4 is 0 Å². The predicted octanol–water partition coefficient (Wildman–Crippen LogP) is 13.2. The van der Waals surface area contributed by atoms with E-state index in [1.54, 1.807) is 0 Å². The summed E-state index contributed by atoms with van der Waals surface area (Å²) < 4.78 is 13.2. The first kappa shape index (κ1) is 39.8. The summed E-state index contributed by atoms with van der Waals surface area (Å²) in [5.74, 6) is -0.151. The Hall–Kier alpha value is -1.66. The smallest absolute Gasteiger partial charge is 0.306 e.